The van der Waals surface area contributed by atoms with E-state index in [1.165, 1.54) is 12.1 Å². The van der Waals surface area contributed by atoms with Crippen LogP contribution in [0.25, 0.3) is 0 Å². The van der Waals surface area contributed by atoms with Crippen LogP contribution in [0.15, 0.2) is 53.4 Å². The summed E-state index contributed by atoms with van der Waals surface area (Å²) in [4.78, 5) is 37.7. The van der Waals surface area contributed by atoms with E-state index in [4.69, 9.17) is 0 Å². The van der Waals surface area contributed by atoms with Gasteiger partial charge in [0.1, 0.15) is 0 Å². The Labute approximate surface area is 174 Å². The molecule has 9 heteroatoms. The Morgan fingerprint density at radius 2 is 1.60 bits per heavy atom. The molecular formula is C21H21N3O5S. The minimum atomic E-state index is -4.01. The van der Waals surface area contributed by atoms with E-state index in [1.807, 2.05) is 30.3 Å². The third kappa shape index (κ3) is 3.99. The molecule has 2 aromatic rings. The van der Waals surface area contributed by atoms with Crippen LogP contribution < -0.4 is 5.32 Å². The van der Waals surface area contributed by atoms with Gasteiger partial charge < -0.3 is 5.32 Å². The molecule has 8 nitrogen and oxygen atoms in total. The number of nitrogens with one attached hydrogen (secondary N) is 1. The van der Waals surface area contributed by atoms with Crippen LogP contribution in [0.1, 0.15) is 17.5 Å². The van der Waals surface area contributed by atoms with E-state index in [0.29, 0.717) is 18.5 Å². The van der Waals surface area contributed by atoms with Crippen LogP contribution in [0.4, 0.5) is 5.69 Å². The molecule has 0 spiro atoms. The fourth-order valence-corrected chi connectivity index (χ4v) is 5.03. The van der Waals surface area contributed by atoms with E-state index in [-0.39, 0.29) is 36.9 Å². The summed E-state index contributed by atoms with van der Waals surface area (Å²) in [7, 11) is -4.01. The molecule has 0 unspecified atom stereocenters. The molecule has 156 valence electrons. The van der Waals surface area contributed by atoms with Gasteiger partial charge in [-0.3, -0.25) is 19.3 Å². The lowest BCUT2D eigenvalue weighted by atomic mass is 10.0. The molecule has 1 fully saturated rings. The Balaban J connectivity index is 1.48. The number of aryl methyl sites for hydroxylation is 1. The van der Waals surface area contributed by atoms with Crippen molar-refractivity contribution in [2.75, 3.05) is 25.0 Å². The number of anilines is 1. The van der Waals surface area contributed by atoms with Crippen molar-refractivity contribution in [3.8, 4) is 0 Å². The van der Waals surface area contributed by atoms with Gasteiger partial charge in [0, 0.05) is 18.7 Å². The maximum atomic E-state index is 13.0. The second-order valence-electron chi connectivity index (χ2n) is 7.31. The van der Waals surface area contributed by atoms with Crippen molar-refractivity contribution in [2.24, 2.45) is 0 Å². The highest BCUT2D eigenvalue weighted by Crippen LogP contribution is 2.27. The van der Waals surface area contributed by atoms with Crippen LogP contribution in [0.3, 0.4) is 0 Å². The molecule has 4 rings (SSSR count). The molecule has 0 bridgehead atoms. The Kier molecular flexibility index (Phi) is 5.40. The zero-order chi connectivity index (χ0) is 21.3. The molecule has 0 aliphatic carbocycles. The standard InChI is InChI=1S/C21H21N3O5S/c25-19-9-6-16-12-17(7-8-18(16)22-19)30(28,29)23-13-20(26)24(21(27)14-23)11-10-15-4-2-1-3-5-15/h1-5,7-8,12H,6,9-11,13-14H2,(H,22,25). The lowest BCUT2D eigenvalue weighted by Gasteiger charge is -2.32. The number of rotatable bonds is 5. The normalized spacial score (nSPS) is 17.6. The summed E-state index contributed by atoms with van der Waals surface area (Å²) in [5, 5.41) is 2.70. The minimum Gasteiger partial charge on any atom is -0.326 e. The Hall–Kier alpha value is -3.04. The van der Waals surface area contributed by atoms with Gasteiger partial charge in [-0.25, -0.2) is 8.42 Å². The van der Waals surface area contributed by atoms with Crippen molar-refractivity contribution in [1.82, 2.24) is 9.21 Å². The first-order valence-electron chi connectivity index (χ1n) is 9.64. The Morgan fingerprint density at radius 3 is 2.30 bits per heavy atom. The lowest BCUT2D eigenvalue weighted by molar-refractivity contribution is -0.149. The summed E-state index contributed by atoms with van der Waals surface area (Å²) in [5.74, 6) is -1.17. The molecule has 0 saturated carbocycles. The predicted molar refractivity (Wildman–Crippen MR) is 109 cm³/mol. The SMILES string of the molecule is O=C1CCc2cc(S(=O)(=O)N3CC(=O)N(CCc4ccccc4)C(=O)C3)ccc2N1. The molecule has 1 N–H and O–H groups in total. The topological polar surface area (TPSA) is 104 Å². The van der Waals surface area contributed by atoms with Crippen molar-refractivity contribution in [3.05, 3.63) is 59.7 Å². The molecule has 2 heterocycles. The van der Waals surface area contributed by atoms with E-state index < -0.39 is 21.8 Å². The first kappa shape index (κ1) is 20.2. The number of piperazine rings is 1. The molecule has 0 radical (unpaired) electrons. The number of sulfonamides is 1. The van der Waals surface area contributed by atoms with Crippen LogP contribution in [-0.2, 0) is 37.2 Å². The van der Waals surface area contributed by atoms with Crippen molar-refractivity contribution in [1.29, 1.82) is 0 Å². The zero-order valence-corrected chi connectivity index (χ0v) is 17.0. The van der Waals surface area contributed by atoms with Crippen LogP contribution >= 0.6 is 0 Å². The van der Waals surface area contributed by atoms with E-state index in [9.17, 15) is 22.8 Å². The van der Waals surface area contributed by atoms with Gasteiger partial charge in [-0.1, -0.05) is 30.3 Å². The summed E-state index contributed by atoms with van der Waals surface area (Å²) >= 11 is 0. The fraction of sp³-hybridized carbons (Fsp3) is 0.286. The number of nitrogens with zero attached hydrogens (tertiary/aromatic N) is 2. The molecule has 2 aromatic carbocycles. The van der Waals surface area contributed by atoms with Gasteiger partial charge in [-0.15, -0.1) is 0 Å². The van der Waals surface area contributed by atoms with E-state index in [2.05, 4.69) is 5.32 Å². The summed E-state index contributed by atoms with van der Waals surface area (Å²) in [6.45, 7) is -0.540. The van der Waals surface area contributed by atoms with E-state index in [0.717, 1.165) is 20.3 Å². The maximum Gasteiger partial charge on any atom is 0.244 e. The van der Waals surface area contributed by atoms with E-state index >= 15 is 0 Å². The summed E-state index contributed by atoms with van der Waals surface area (Å²) in [6, 6.07) is 13.9. The molecule has 0 atom stereocenters. The molecule has 2 aliphatic rings. The largest absolute Gasteiger partial charge is 0.326 e. The summed E-state index contributed by atoms with van der Waals surface area (Å²) in [6.07, 6.45) is 1.24. The highest BCUT2D eigenvalue weighted by molar-refractivity contribution is 7.89. The van der Waals surface area contributed by atoms with Crippen LogP contribution in [0.2, 0.25) is 0 Å². The number of carbonyl (C=O) groups excluding carboxylic acids is 3. The van der Waals surface area contributed by atoms with Crippen molar-refractivity contribution >= 4 is 33.4 Å². The highest BCUT2D eigenvalue weighted by Gasteiger charge is 2.37. The molecule has 30 heavy (non-hydrogen) atoms. The zero-order valence-electron chi connectivity index (χ0n) is 16.2. The number of imide groups is 1. The number of fused-ring (bicyclic) bond motifs is 1. The smallest absolute Gasteiger partial charge is 0.244 e. The van der Waals surface area contributed by atoms with Gasteiger partial charge in [0.2, 0.25) is 27.7 Å². The average Bonchev–Trinajstić information content (AvgIpc) is 2.73. The quantitative estimate of drug-likeness (QED) is 0.722. The van der Waals surface area contributed by atoms with Gasteiger partial charge in [0.15, 0.2) is 0 Å². The van der Waals surface area contributed by atoms with Gasteiger partial charge in [0.25, 0.3) is 0 Å². The van der Waals surface area contributed by atoms with Gasteiger partial charge in [-0.2, -0.15) is 4.31 Å². The van der Waals surface area contributed by atoms with Crippen molar-refractivity contribution in [2.45, 2.75) is 24.2 Å². The number of benzene rings is 2. The molecule has 0 aromatic heterocycles. The van der Waals surface area contributed by atoms with Gasteiger partial charge in [0.05, 0.1) is 18.0 Å². The van der Waals surface area contributed by atoms with Crippen LogP contribution in [0.5, 0.6) is 0 Å². The molecule has 3 amide bonds. The van der Waals surface area contributed by atoms with Gasteiger partial charge >= 0.3 is 0 Å². The maximum absolute atomic E-state index is 13.0. The van der Waals surface area contributed by atoms with Crippen molar-refractivity contribution < 1.29 is 22.8 Å². The summed E-state index contributed by atoms with van der Waals surface area (Å²) in [5.41, 5.74) is 2.30. The first-order valence-corrected chi connectivity index (χ1v) is 11.1. The monoisotopic (exact) mass is 427 g/mol. The molecular weight excluding hydrogens is 406 g/mol. The summed E-state index contributed by atoms with van der Waals surface area (Å²) < 4.78 is 27.0. The molecule has 1 saturated heterocycles. The van der Waals surface area contributed by atoms with Gasteiger partial charge in [-0.05, 0) is 42.2 Å². The first-order chi connectivity index (χ1) is 14.3. The minimum absolute atomic E-state index is 0.00994. The lowest BCUT2D eigenvalue weighted by Crippen LogP contribution is -2.55. The van der Waals surface area contributed by atoms with Crippen LogP contribution in [-0.4, -0.2) is 55.0 Å². The number of carbonyl (C=O) groups is 3. The van der Waals surface area contributed by atoms with Crippen LogP contribution in [0, 0.1) is 0 Å². The number of hydrogen-bond donors (Lipinski definition) is 1. The fourth-order valence-electron chi connectivity index (χ4n) is 3.64. The Bertz CT molecular complexity index is 1100. The third-order valence-electron chi connectivity index (χ3n) is 5.30. The van der Waals surface area contributed by atoms with E-state index in [1.54, 1.807) is 6.07 Å². The number of amides is 3. The second-order valence-corrected chi connectivity index (χ2v) is 9.25. The Morgan fingerprint density at radius 1 is 0.900 bits per heavy atom. The second kappa shape index (κ2) is 8.00. The third-order valence-corrected chi connectivity index (χ3v) is 7.09. The molecule has 2 aliphatic heterocycles. The van der Waals surface area contributed by atoms with Crippen molar-refractivity contribution in [3.63, 3.8) is 0 Å². The predicted octanol–water partition coefficient (Wildman–Crippen LogP) is 1.17. The number of hydrogen-bond acceptors (Lipinski definition) is 5. The highest BCUT2D eigenvalue weighted by atomic mass is 32.2. The average molecular weight is 427 g/mol.